The Hall–Kier alpha value is -3.59. The van der Waals surface area contributed by atoms with E-state index < -0.39 is 11.7 Å². The van der Waals surface area contributed by atoms with Crippen molar-refractivity contribution in [1.29, 1.82) is 0 Å². The molecular weight excluding hydrogens is 356 g/mol. The van der Waals surface area contributed by atoms with Gasteiger partial charge in [-0.15, -0.1) is 6.42 Å². The standard InChI is InChI=1S/C22H20N2O4/c1-5-9-23-22(27)21(26)19-13(2)20(24(4)14(19)3)17(25)12-15-6-7-18-16(11-15)8-10-28-18/h1,6-8,10-11H,9,12H2,2-4H3,(H,23,27). The van der Waals surface area contributed by atoms with Crippen LogP contribution >= 0.6 is 0 Å². The van der Waals surface area contributed by atoms with Crippen LogP contribution in [0.4, 0.5) is 0 Å². The number of ketones is 2. The molecule has 1 amide bonds. The number of furan rings is 1. The molecule has 0 saturated carbocycles. The van der Waals surface area contributed by atoms with E-state index in [9.17, 15) is 14.4 Å². The van der Waals surface area contributed by atoms with E-state index in [0.29, 0.717) is 17.0 Å². The Morgan fingerprint density at radius 2 is 1.96 bits per heavy atom. The number of benzene rings is 1. The lowest BCUT2D eigenvalue weighted by molar-refractivity contribution is -0.116. The number of rotatable bonds is 6. The Balaban J connectivity index is 1.91. The highest BCUT2D eigenvalue weighted by Crippen LogP contribution is 2.24. The van der Waals surface area contributed by atoms with Gasteiger partial charge in [0, 0.05) is 24.5 Å². The molecule has 6 heteroatoms. The number of nitrogens with one attached hydrogen (secondary N) is 1. The second-order valence-corrected chi connectivity index (χ2v) is 6.60. The number of nitrogens with zero attached hydrogens (tertiary/aromatic N) is 1. The molecule has 6 nitrogen and oxygen atoms in total. The lowest BCUT2D eigenvalue weighted by Crippen LogP contribution is -2.31. The maximum Gasteiger partial charge on any atom is 0.293 e. The van der Waals surface area contributed by atoms with Crippen LogP contribution < -0.4 is 5.32 Å². The lowest BCUT2D eigenvalue weighted by atomic mass is 10.0. The minimum atomic E-state index is -0.779. The Bertz CT molecular complexity index is 1140. The first-order valence-corrected chi connectivity index (χ1v) is 8.76. The van der Waals surface area contributed by atoms with Gasteiger partial charge in [0.15, 0.2) is 5.78 Å². The second kappa shape index (κ2) is 7.57. The number of carbonyl (C=O) groups excluding carboxylic acids is 3. The van der Waals surface area contributed by atoms with Crippen molar-refractivity contribution in [1.82, 2.24) is 9.88 Å². The summed E-state index contributed by atoms with van der Waals surface area (Å²) in [6.45, 7) is 3.36. The molecule has 0 atom stereocenters. The van der Waals surface area contributed by atoms with E-state index in [4.69, 9.17) is 10.8 Å². The van der Waals surface area contributed by atoms with Crippen LogP contribution in [0.25, 0.3) is 11.0 Å². The Morgan fingerprint density at radius 1 is 1.21 bits per heavy atom. The fourth-order valence-electron chi connectivity index (χ4n) is 3.43. The number of fused-ring (bicyclic) bond motifs is 1. The van der Waals surface area contributed by atoms with Gasteiger partial charge >= 0.3 is 0 Å². The molecule has 0 spiro atoms. The van der Waals surface area contributed by atoms with E-state index in [2.05, 4.69) is 11.2 Å². The topological polar surface area (TPSA) is 81.3 Å². The van der Waals surface area contributed by atoms with E-state index >= 15 is 0 Å². The van der Waals surface area contributed by atoms with E-state index in [0.717, 1.165) is 16.5 Å². The Kier molecular flexibility index (Phi) is 5.18. The van der Waals surface area contributed by atoms with Crippen molar-refractivity contribution < 1.29 is 18.8 Å². The summed E-state index contributed by atoms with van der Waals surface area (Å²) in [5.41, 5.74) is 3.32. The smallest absolute Gasteiger partial charge is 0.293 e. The van der Waals surface area contributed by atoms with Crippen LogP contribution in [-0.2, 0) is 18.3 Å². The van der Waals surface area contributed by atoms with E-state index in [1.807, 2.05) is 24.3 Å². The normalized spacial score (nSPS) is 10.6. The van der Waals surface area contributed by atoms with Gasteiger partial charge < -0.3 is 14.3 Å². The number of amides is 1. The van der Waals surface area contributed by atoms with Crippen LogP contribution in [0.15, 0.2) is 34.9 Å². The summed E-state index contributed by atoms with van der Waals surface area (Å²) in [6.07, 6.45) is 6.89. The van der Waals surface area contributed by atoms with Crippen molar-refractivity contribution >= 4 is 28.4 Å². The van der Waals surface area contributed by atoms with Crippen molar-refractivity contribution in [3.05, 3.63) is 58.6 Å². The summed E-state index contributed by atoms with van der Waals surface area (Å²) >= 11 is 0. The third-order valence-electron chi connectivity index (χ3n) is 4.86. The van der Waals surface area contributed by atoms with Gasteiger partial charge in [-0.25, -0.2) is 0 Å². The van der Waals surface area contributed by atoms with Gasteiger partial charge in [0.2, 0.25) is 0 Å². The number of hydrogen-bond donors (Lipinski definition) is 1. The van der Waals surface area contributed by atoms with Crippen molar-refractivity contribution in [3.8, 4) is 12.3 Å². The van der Waals surface area contributed by atoms with Crippen LogP contribution in [0, 0.1) is 26.2 Å². The van der Waals surface area contributed by atoms with Crippen LogP contribution in [0.1, 0.15) is 37.7 Å². The summed E-state index contributed by atoms with van der Waals surface area (Å²) < 4.78 is 6.98. The van der Waals surface area contributed by atoms with Crippen molar-refractivity contribution in [2.75, 3.05) is 6.54 Å². The van der Waals surface area contributed by atoms with Gasteiger partial charge in [-0.2, -0.15) is 0 Å². The molecule has 0 aliphatic carbocycles. The Morgan fingerprint density at radius 3 is 2.68 bits per heavy atom. The predicted octanol–water partition coefficient (Wildman–Crippen LogP) is 2.75. The second-order valence-electron chi connectivity index (χ2n) is 6.60. The van der Waals surface area contributed by atoms with Crippen molar-refractivity contribution in [2.45, 2.75) is 20.3 Å². The molecule has 0 bridgehead atoms. The number of hydrogen-bond acceptors (Lipinski definition) is 4. The molecular formula is C22H20N2O4. The summed E-state index contributed by atoms with van der Waals surface area (Å²) in [6, 6.07) is 7.41. The zero-order valence-electron chi connectivity index (χ0n) is 16.0. The maximum absolute atomic E-state index is 13.0. The lowest BCUT2D eigenvalue weighted by Gasteiger charge is -2.06. The maximum atomic E-state index is 13.0. The predicted molar refractivity (Wildman–Crippen MR) is 105 cm³/mol. The molecule has 2 aromatic heterocycles. The van der Waals surface area contributed by atoms with Gasteiger partial charge in [-0.05, 0) is 43.2 Å². The molecule has 3 rings (SSSR count). The number of aromatic nitrogens is 1. The third kappa shape index (κ3) is 3.35. The zero-order chi connectivity index (χ0) is 20.4. The highest BCUT2D eigenvalue weighted by atomic mass is 16.3. The molecule has 2 heterocycles. The minimum absolute atomic E-state index is 0.0300. The summed E-state index contributed by atoms with van der Waals surface area (Å²) in [5.74, 6) is 0.653. The molecule has 0 fully saturated rings. The first-order chi connectivity index (χ1) is 13.3. The highest BCUT2D eigenvalue weighted by Gasteiger charge is 2.28. The third-order valence-corrected chi connectivity index (χ3v) is 4.86. The van der Waals surface area contributed by atoms with Gasteiger partial charge in [-0.1, -0.05) is 12.0 Å². The fraction of sp³-hybridized carbons (Fsp3) is 0.227. The molecule has 0 aliphatic rings. The monoisotopic (exact) mass is 376 g/mol. The van der Waals surface area contributed by atoms with Crippen molar-refractivity contribution in [2.24, 2.45) is 7.05 Å². The molecule has 3 aromatic rings. The molecule has 0 radical (unpaired) electrons. The molecule has 0 aliphatic heterocycles. The first-order valence-electron chi connectivity index (χ1n) is 8.76. The summed E-state index contributed by atoms with van der Waals surface area (Å²) in [4.78, 5) is 37.5. The fourth-order valence-corrected chi connectivity index (χ4v) is 3.43. The summed E-state index contributed by atoms with van der Waals surface area (Å²) in [5, 5.41) is 3.29. The van der Waals surface area contributed by atoms with Gasteiger partial charge in [0.25, 0.3) is 11.7 Å². The molecule has 1 N–H and O–H groups in total. The van der Waals surface area contributed by atoms with Crippen LogP contribution in [0.5, 0.6) is 0 Å². The number of carbonyl (C=O) groups is 3. The van der Waals surface area contributed by atoms with Crippen LogP contribution in [0.3, 0.4) is 0 Å². The first kappa shape index (κ1) is 19.2. The van der Waals surface area contributed by atoms with Crippen LogP contribution in [-0.4, -0.2) is 28.6 Å². The van der Waals surface area contributed by atoms with Crippen LogP contribution in [0.2, 0.25) is 0 Å². The molecule has 0 saturated heterocycles. The number of terminal acetylenes is 1. The van der Waals surface area contributed by atoms with Crippen molar-refractivity contribution in [3.63, 3.8) is 0 Å². The quantitative estimate of drug-likeness (QED) is 0.407. The van der Waals surface area contributed by atoms with E-state index in [-0.39, 0.29) is 24.3 Å². The number of Topliss-reactive ketones (excluding diaryl/α,β-unsaturated/α-hetero) is 2. The molecule has 1 aromatic carbocycles. The van der Waals surface area contributed by atoms with Gasteiger partial charge in [-0.3, -0.25) is 14.4 Å². The van der Waals surface area contributed by atoms with Gasteiger partial charge in [0.05, 0.1) is 24.1 Å². The molecule has 0 unspecified atom stereocenters. The molecule has 28 heavy (non-hydrogen) atoms. The highest BCUT2D eigenvalue weighted by molar-refractivity contribution is 6.43. The largest absolute Gasteiger partial charge is 0.464 e. The Labute approximate surface area is 162 Å². The average Bonchev–Trinajstić information content (AvgIpc) is 3.21. The van der Waals surface area contributed by atoms with Gasteiger partial charge in [0.1, 0.15) is 5.58 Å². The molecule has 142 valence electrons. The summed E-state index contributed by atoms with van der Waals surface area (Å²) in [7, 11) is 1.71. The van der Waals surface area contributed by atoms with E-state index in [1.165, 1.54) is 0 Å². The average molecular weight is 376 g/mol. The minimum Gasteiger partial charge on any atom is -0.464 e. The zero-order valence-corrected chi connectivity index (χ0v) is 16.0. The SMILES string of the molecule is C#CCNC(=O)C(=O)c1c(C)c(C(=O)Cc2ccc3occc3c2)n(C)c1C. The van der Waals surface area contributed by atoms with E-state index in [1.54, 1.807) is 31.7 Å².